The van der Waals surface area contributed by atoms with Crippen LogP contribution in [-0.2, 0) is 18.9 Å². The summed E-state index contributed by atoms with van der Waals surface area (Å²) in [5.41, 5.74) is -1.30. The van der Waals surface area contributed by atoms with Crippen molar-refractivity contribution in [3.05, 3.63) is 46.6 Å². The summed E-state index contributed by atoms with van der Waals surface area (Å²) < 4.78 is 39.9. The summed E-state index contributed by atoms with van der Waals surface area (Å²) in [6.07, 6.45) is -25.3. The molecule has 12 N–H and O–H groups in total. The Balaban J connectivity index is 1.41. The van der Waals surface area contributed by atoms with Crippen molar-refractivity contribution in [1.29, 1.82) is 0 Å². The molecule has 20 nitrogen and oxygen atoms in total. The molecule has 3 fully saturated rings. The third-order valence-corrected chi connectivity index (χ3v) is 9.29. The SMILES string of the molecule is CC1O[C@@H](OC2C(O)[C@H](O)C(CO)O[C@H]2Oc2c(-c3ccc(O)cc3)oc3cc(O[C@@H]4OC(CO)[C@@H](O)[C@H](O)C4O)cc(O)c3c2=O)[C@@H](O)C(O)[C@H]1O. The van der Waals surface area contributed by atoms with Crippen LogP contribution in [0.25, 0.3) is 22.3 Å². The minimum atomic E-state index is -1.94. The zero-order valence-electron chi connectivity index (χ0n) is 27.7. The third-order valence-electron chi connectivity index (χ3n) is 9.29. The van der Waals surface area contributed by atoms with Crippen molar-refractivity contribution in [3.63, 3.8) is 0 Å². The van der Waals surface area contributed by atoms with Gasteiger partial charge in [0, 0.05) is 17.7 Å². The molecule has 20 heteroatoms. The number of aliphatic hydroxyl groups excluding tert-OH is 10. The van der Waals surface area contributed by atoms with Gasteiger partial charge in [0.25, 0.3) is 0 Å². The normalized spacial score (nSPS) is 37.8. The standard InChI is InChI=1S/C33H40O20/c1-10-19(38)23(42)26(45)31(47-10)53-30-25(44)21(40)17(9-35)51-33(30)52-29-22(41)18-14(37)6-13(48-32-27(46)24(43)20(39)16(8-34)50-32)7-15(18)49-28(29)11-2-4-12(36)5-3-11/h2-7,10,16-17,19-21,23-27,30-40,42-46H,8-9H2,1H3/t10?,16?,17?,19-,20+,21+,23?,24-,25?,26-,27?,30?,31-,32+,33-/m0/s1. The van der Waals surface area contributed by atoms with Crippen LogP contribution in [0.15, 0.2) is 45.6 Å². The Kier molecular flexibility index (Phi) is 11.5. The molecule has 1 aromatic heterocycles. The lowest BCUT2D eigenvalue weighted by Crippen LogP contribution is -2.64. The van der Waals surface area contributed by atoms with Gasteiger partial charge >= 0.3 is 0 Å². The Hall–Kier alpha value is -3.71. The second-order valence-electron chi connectivity index (χ2n) is 12.9. The molecule has 7 unspecified atom stereocenters. The number of aliphatic hydroxyl groups is 10. The van der Waals surface area contributed by atoms with E-state index in [-0.39, 0.29) is 28.4 Å². The molecular weight excluding hydrogens is 716 g/mol. The molecule has 0 radical (unpaired) electrons. The number of aromatic hydroxyl groups is 2. The molecule has 4 heterocycles. The van der Waals surface area contributed by atoms with Gasteiger partial charge in [0.05, 0.1) is 19.3 Å². The molecule has 53 heavy (non-hydrogen) atoms. The van der Waals surface area contributed by atoms with Crippen molar-refractivity contribution in [1.82, 2.24) is 0 Å². The van der Waals surface area contributed by atoms with E-state index in [1.807, 2.05) is 0 Å². The maximum atomic E-state index is 14.2. The Morgan fingerprint density at radius 1 is 0.660 bits per heavy atom. The minimum absolute atomic E-state index is 0.0982. The number of rotatable bonds is 9. The highest BCUT2D eigenvalue weighted by Gasteiger charge is 2.51. The molecule has 2 aromatic carbocycles. The van der Waals surface area contributed by atoms with Crippen molar-refractivity contribution in [2.45, 2.75) is 99.0 Å². The highest BCUT2D eigenvalue weighted by molar-refractivity contribution is 5.88. The van der Waals surface area contributed by atoms with Gasteiger partial charge in [-0.25, -0.2) is 0 Å². The Morgan fingerprint density at radius 2 is 1.25 bits per heavy atom. The lowest BCUT2D eigenvalue weighted by molar-refractivity contribution is -0.354. The van der Waals surface area contributed by atoms with Crippen LogP contribution >= 0.6 is 0 Å². The number of phenols is 2. The number of hydrogen-bond acceptors (Lipinski definition) is 20. The van der Waals surface area contributed by atoms with Crippen molar-refractivity contribution >= 4 is 11.0 Å². The van der Waals surface area contributed by atoms with E-state index in [9.17, 15) is 66.1 Å². The highest BCUT2D eigenvalue weighted by atomic mass is 16.8. The van der Waals surface area contributed by atoms with Crippen LogP contribution in [-0.4, -0.2) is 167 Å². The average molecular weight is 757 g/mol. The number of benzene rings is 2. The summed E-state index contributed by atoms with van der Waals surface area (Å²) in [5.74, 6) is -2.26. The first kappa shape index (κ1) is 39.0. The molecule has 3 saturated heterocycles. The van der Waals surface area contributed by atoms with Crippen LogP contribution in [0.5, 0.6) is 23.0 Å². The predicted octanol–water partition coefficient (Wildman–Crippen LogP) is -3.92. The van der Waals surface area contributed by atoms with E-state index in [4.69, 9.17) is 32.8 Å². The van der Waals surface area contributed by atoms with E-state index in [1.54, 1.807) is 0 Å². The van der Waals surface area contributed by atoms with Crippen LogP contribution < -0.4 is 14.9 Å². The largest absolute Gasteiger partial charge is 0.508 e. The van der Waals surface area contributed by atoms with Crippen molar-refractivity contribution in [3.8, 4) is 34.3 Å². The summed E-state index contributed by atoms with van der Waals surface area (Å²) in [5, 5.41) is 123. The van der Waals surface area contributed by atoms with E-state index in [0.717, 1.165) is 12.1 Å². The first-order valence-electron chi connectivity index (χ1n) is 16.4. The monoisotopic (exact) mass is 756 g/mol. The van der Waals surface area contributed by atoms with E-state index >= 15 is 0 Å². The molecule has 0 bridgehead atoms. The molecule has 3 aliphatic heterocycles. The van der Waals surface area contributed by atoms with Gasteiger partial charge in [-0.05, 0) is 31.2 Å². The average Bonchev–Trinajstić information content (AvgIpc) is 3.13. The van der Waals surface area contributed by atoms with Gasteiger partial charge in [-0.1, -0.05) is 0 Å². The summed E-state index contributed by atoms with van der Waals surface area (Å²) in [7, 11) is 0. The van der Waals surface area contributed by atoms with Crippen LogP contribution in [0.3, 0.4) is 0 Å². The zero-order valence-corrected chi connectivity index (χ0v) is 27.7. The van der Waals surface area contributed by atoms with Gasteiger partial charge in [-0.3, -0.25) is 4.79 Å². The maximum Gasteiger partial charge on any atom is 0.239 e. The van der Waals surface area contributed by atoms with Crippen molar-refractivity contribution in [2.75, 3.05) is 13.2 Å². The molecule has 15 atom stereocenters. The maximum absolute atomic E-state index is 14.2. The fourth-order valence-corrected chi connectivity index (χ4v) is 6.23. The molecule has 3 aromatic rings. The summed E-state index contributed by atoms with van der Waals surface area (Å²) >= 11 is 0. The molecule has 3 aliphatic rings. The van der Waals surface area contributed by atoms with Gasteiger partial charge < -0.3 is 94.1 Å². The molecule has 6 rings (SSSR count). The lowest BCUT2D eigenvalue weighted by Gasteiger charge is -2.45. The smallest absolute Gasteiger partial charge is 0.239 e. The first-order chi connectivity index (χ1) is 25.1. The molecule has 292 valence electrons. The van der Waals surface area contributed by atoms with E-state index in [2.05, 4.69) is 0 Å². The van der Waals surface area contributed by atoms with Gasteiger partial charge in [0.15, 0.2) is 18.2 Å². The fourth-order valence-electron chi connectivity index (χ4n) is 6.23. The van der Waals surface area contributed by atoms with Crippen LogP contribution in [0.4, 0.5) is 0 Å². The predicted molar refractivity (Wildman–Crippen MR) is 171 cm³/mol. The summed E-state index contributed by atoms with van der Waals surface area (Å²) in [6.45, 7) is -0.235. The van der Waals surface area contributed by atoms with Crippen LogP contribution in [0.2, 0.25) is 0 Å². The molecular formula is C33H40O20. The number of fused-ring (bicyclic) bond motifs is 1. The summed E-state index contributed by atoms with van der Waals surface area (Å²) in [4.78, 5) is 14.2. The molecule has 0 aliphatic carbocycles. The quantitative estimate of drug-likeness (QED) is 0.0992. The zero-order chi connectivity index (χ0) is 38.5. The summed E-state index contributed by atoms with van der Waals surface area (Å²) in [6, 6.07) is 7.18. The second-order valence-corrected chi connectivity index (χ2v) is 12.9. The van der Waals surface area contributed by atoms with Gasteiger partial charge in [-0.15, -0.1) is 0 Å². The van der Waals surface area contributed by atoms with Gasteiger partial charge in [0.1, 0.15) is 89.3 Å². The molecule has 0 spiro atoms. The topological polar surface area (TPSA) is 328 Å². The van der Waals surface area contributed by atoms with Crippen LogP contribution in [0, 0.1) is 0 Å². The van der Waals surface area contributed by atoms with Crippen molar-refractivity contribution in [2.24, 2.45) is 0 Å². The third kappa shape index (κ3) is 7.39. The fraction of sp³-hybridized carbons (Fsp3) is 0.545. The Bertz CT molecular complexity index is 1780. The van der Waals surface area contributed by atoms with Gasteiger partial charge in [0.2, 0.25) is 23.8 Å². The molecule has 0 amide bonds. The first-order valence-corrected chi connectivity index (χ1v) is 16.4. The number of phenolic OH excluding ortho intramolecular Hbond substituents is 2. The lowest BCUT2D eigenvalue weighted by atomic mass is 9.97. The van der Waals surface area contributed by atoms with E-state index in [0.29, 0.717) is 0 Å². The Labute approximate surface area is 298 Å². The molecule has 0 saturated carbocycles. The van der Waals surface area contributed by atoms with E-state index in [1.165, 1.54) is 31.2 Å². The van der Waals surface area contributed by atoms with Gasteiger partial charge in [-0.2, -0.15) is 0 Å². The number of hydrogen-bond donors (Lipinski definition) is 12. The van der Waals surface area contributed by atoms with E-state index < -0.39 is 128 Å². The number of ether oxygens (including phenoxy) is 6. The Morgan fingerprint density at radius 3 is 1.89 bits per heavy atom. The highest BCUT2D eigenvalue weighted by Crippen LogP contribution is 2.39. The van der Waals surface area contributed by atoms with Crippen LogP contribution in [0.1, 0.15) is 6.92 Å². The van der Waals surface area contributed by atoms with Crippen molar-refractivity contribution < 1.29 is 94.1 Å². The minimum Gasteiger partial charge on any atom is -0.508 e. The second kappa shape index (κ2) is 15.6.